The molecule has 0 saturated carbocycles. The zero-order chi connectivity index (χ0) is 43.7. The van der Waals surface area contributed by atoms with E-state index in [1.54, 1.807) is 29.2 Å². The number of benzene rings is 5. The zero-order valence-electron chi connectivity index (χ0n) is 34.9. The van der Waals surface area contributed by atoms with Crippen molar-refractivity contribution in [2.24, 2.45) is 5.92 Å². The van der Waals surface area contributed by atoms with Crippen LogP contribution >= 0.6 is 11.6 Å². The number of phenolic OH excluding ortho intramolecular Hbond substituents is 1. The molecule has 3 fully saturated rings. The minimum atomic E-state index is -0.893. The van der Waals surface area contributed by atoms with Gasteiger partial charge in [-0.05, 0) is 121 Å². The molecule has 1 aromatic heterocycles. The Labute approximate surface area is 371 Å². The van der Waals surface area contributed by atoms with Crippen LogP contribution in [0.15, 0.2) is 132 Å². The summed E-state index contributed by atoms with van der Waals surface area (Å²) in [5.74, 6) is 0.861. The Kier molecular flexibility index (Phi) is 14.0. The standard InChI is InChI=1S/C50H52ClN5O7/c51-39-16-12-33(13-17-39)30-56(25-5-24-52-29-44(58)41-18-20-43(57)48-42(41)19-21-46(59)53-48)49(60)37-14-10-34(11-15-37)32-62-40-9-4-8-38(28-40)47(36-6-2-1-3-7-36)54-50(61)63-45-31-55-26-22-35(45)23-27-55/h1-4,6-21,28,35,44-45,47,52,57-58H,5,22-27,29-32H2,(H,53,59)(H,54,61)/t44-,45+,47?/m1/s1. The number of hydrogen-bond donors (Lipinski definition) is 5. The number of nitrogens with zero attached hydrogens (tertiary/aromatic N) is 2. The number of amides is 2. The number of fused-ring (bicyclic) bond motifs is 4. The molecule has 12 nitrogen and oxygen atoms in total. The monoisotopic (exact) mass is 869 g/mol. The minimum absolute atomic E-state index is 0.0662. The van der Waals surface area contributed by atoms with Crippen molar-refractivity contribution in [3.8, 4) is 11.5 Å². The van der Waals surface area contributed by atoms with E-state index in [1.165, 1.54) is 12.1 Å². The summed E-state index contributed by atoms with van der Waals surface area (Å²) in [7, 11) is 0. The van der Waals surface area contributed by atoms with Crippen LogP contribution in [0.3, 0.4) is 0 Å². The lowest BCUT2D eigenvalue weighted by atomic mass is 9.86. The van der Waals surface area contributed by atoms with Gasteiger partial charge in [0.25, 0.3) is 5.91 Å². The number of nitrogens with one attached hydrogen (secondary N) is 3. The van der Waals surface area contributed by atoms with Gasteiger partial charge >= 0.3 is 6.09 Å². The second-order valence-electron chi connectivity index (χ2n) is 16.3. The number of rotatable bonds is 17. The molecule has 2 amide bonds. The van der Waals surface area contributed by atoms with E-state index in [4.69, 9.17) is 21.1 Å². The van der Waals surface area contributed by atoms with Crippen molar-refractivity contribution in [2.75, 3.05) is 39.3 Å². The molecule has 2 bridgehead atoms. The number of aromatic amines is 1. The van der Waals surface area contributed by atoms with E-state index < -0.39 is 18.2 Å². The molecule has 3 atom stereocenters. The van der Waals surface area contributed by atoms with Crippen molar-refractivity contribution in [3.05, 3.63) is 176 Å². The smallest absolute Gasteiger partial charge is 0.408 e. The lowest BCUT2D eigenvalue weighted by Crippen LogP contribution is -2.52. The predicted octanol–water partition coefficient (Wildman–Crippen LogP) is 7.73. The molecule has 5 aromatic carbocycles. The van der Waals surface area contributed by atoms with E-state index in [0.29, 0.717) is 59.3 Å². The van der Waals surface area contributed by atoms with Crippen molar-refractivity contribution in [3.63, 3.8) is 0 Å². The topological polar surface area (TPSA) is 156 Å². The highest BCUT2D eigenvalue weighted by Crippen LogP contribution is 2.32. The first-order valence-corrected chi connectivity index (χ1v) is 21.9. The normalized spacial score (nSPS) is 17.8. The summed E-state index contributed by atoms with van der Waals surface area (Å²) < 4.78 is 12.3. The molecule has 0 radical (unpaired) electrons. The second-order valence-corrected chi connectivity index (χ2v) is 16.8. The van der Waals surface area contributed by atoms with Gasteiger partial charge in [0.05, 0.1) is 17.7 Å². The Hall–Kier alpha value is -6.18. The number of aliphatic hydroxyl groups is 1. The van der Waals surface area contributed by atoms with Crippen LogP contribution in [-0.4, -0.2) is 82.4 Å². The lowest BCUT2D eigenvalue weighted by molar-refractivity contribution is -0.0336. The van der Waals surface area contributed by atoms with E-state index >= 15 is 0 Å². The molecule has 63 heavy (non-hydrogen) atoms. The van der Waals surface area contributed by atoms with Crippen LogP contribution in [0.5, 0.6) is 11.5 Å². The van der Waals surface area contributed by atoms with Crippen molar-refractivity contribution < 1.29 is 29.3 Å². The van der Waals surface area contributed by atoms with Crippen LogP contribution < -0.4 is 20.9 Å². The van der Waals surface area contributed by atoms with Gasteiger partial charge in [-0.3, -0.25) is 14.5 Å². The van der Waals surface area contributed by atoms with Crippen LogP contribution in [-0.2, 0) is 17.9 Å². The van der Waals surface area contributed by atoms with Gasteiger partial charge in [0.1, 0.15) is 24.2 Å². The number of halogens is 1. The number of ether oxygens (including phenoxy) is 2. The van der Waals surface area contributed by atoms with Crippen molar-refractivity contribution in [1.82, 2.24) is 25.4 Å². The molecule has 0 aliphatic carbocycles. The largest absolute Gasteiger partial charge is 0.506 e. The molecule has 13 heteroatoms. The molecular formula is C50H52ClN5O7. The number of phenols is 1. The highest BCUT2D eigenvalue weighted by molar-refractivity contribution is 6.30. The zero-order valence-corrected chi connectivity index (χ0v) is 35.7. The molecule has 3 aliphatic heterocycles. The summed E-state index contributed by atoms with van der Waals surface area (Å²) in [6.45, 7) is 4.79. The average Bonchev–Trinajstić information content (AvgIpc) is 3.31. The van der Waals surface area contributed by atoms with Gasteiger partial charge in [0.15, 0.2) is 0 Å². The van der Waals surface area contributed by atoms with Gasteiger partial charge in [0, 0.05) is 48.2 Å². The third-order valence-electron chi connectivity index (χ3n) is 12.0. The van der Waals surface area contributed by atoms with Gasteiger partial charge in [-0.2, -0.15) is 0 Å². The van der Waals surface area contributed by atoms with E-state index in [-0.39, 0.29) is 42.0 Å². The maximum absolute atomic E-state index is 14.0. The Bertz CT molecular complexity index is 2550. The third-order valence-corrected chi connectivity index (χ3v) is 12.3. The molecular weight excluding hydrogens is 818 g/mol. The fourth-order valence-corrected chi connectivity index (χ4v) is 8.70. The van der Waals surface area contributed by atoms with E-state index in [0.717, 1.165) is 54.7 Å². The molecule has 9 rings (SSSR count). The molecule has 6 aromatic rings. The minimum Gasteiger partial charge on any atom is -0.506 e. The molecule has 3 saturated heterocycles. The first-order chi connectivity index (χ1) is 30.7. The SMILES string of the molecule is O=C(NC(c1ccccc1)c1cccc(OCc2ccc(C(=O)N(CCCNC[C@@H](O)c3ccc(O)c4[nH]c(=O)ccc34)Cc3ccc(Cl)cc3)cc2)c1)O[C@H]1CN2CCC1CC2. The van der Waals surface area contributed by atoms with Crippen LogP contribution in [0.25, 0.3) is 10.9 Å². The van der Waals surface area contributed by atoms with Gasteiger partial charge in [0.2, 0.25) is 5.56 Å². The number of aliphatic hydroxyl groups excluding tert-OH is 1. The fraction of sp³-hybridized carbons (Fsp3) is 0.300. The molecule has 1 unspecified atom stereocenters. The van der Waals surface area contributed by atoms with Gasteiger partial charge in [-0.15, -0.1) is 0 Å². The quantitative estimate of drug-likeness (QED) is 0.0579. The van der Waals surface area contributed by atoms with Crippen molar-refractivity contribution >= 4 is 34.5 Å². The number of piperidine rings is 3. The Morgan fingerprint density at radius 2 is 1.62 bits per heavy atom. The van der Waals surface area contributed by atoms with Gasteiger partial charge in [-0.1, -0.05) is 84.4 Å². The fourth-order valence-electron chi connectivity index (χ4n) is 8.57. The second kappa shape index (κ2) is 20.3. The first kappa shape index (κ1) is 43.5. The first-order valence-electron chi connectivity index (χ1n) is 21.5. The van der Waals surface area contributed by atoms with Gasteiger partial charge in [-0.25, -0.2) is 4.79 Å². The Balaban J connectivity index is 0.877. The molecule has 4 heterocycles. The van der Waals surface area contributed by atoms with Crippen molar-refractivity contribution in [1.29, 1.82) is 0 Å². The molecule has 5 N–H and O–H groups in total. The number of carbonyl (C=O) groups excluding carboxylic acids is 2. The van der Waals surface area contributed by atoms with E-state index in [1.807, 2.05) is 91.0 Å². The lowest BCUT2D eigenvalue weighted by Gasteiger charge is -2.43. The van der Waals surface area contributed by atoms with E-state index in [9.17, 15) is 24.6 Å². The number of hydrogen-bond acceptors (Lipinski definition) is 9. The number of pyridine rings is 1. The molecule has 0 spiro atoms. The summed E-state index contributed by atoms with van der Waals surface area (Å²) in [4.78, 5) is 45.9. The predicted molar refractivity (Wildman–Crippen MR) is 243 cm³/mol. The van der Waals surface area contributed by atoms with Crippen LogP contribution in [0.4, 0.5) is 4.79 Å². The number of aromatic nitrogens is 1. The highest BCUT2D eigenvalue weighted by Gasteiger charge is 2.37. The summed E-state index contributed by atoms with van der Waals surface area (Å²) in [6, 6.07) is 38.0. The highest BCUT2D eigenvalue weighted by atomic mass is 35.5. The summed E-state index contributed by atoms with van der Waals surface area (Å²) >= 11 is 6.16. The Morgan fingerprint density at radius 3 is 2.37 bits per heavy atom. The summed E-state index contributed by atoms with van der Waals surface area (Å²) in [5.41, 5.74) is 4.68. The van der Waals surface area contributed by atoms with Crippen LogP contribution in [0.2, 0.25) is 5.02 Å². The van der Waals surface area contributed by atoms with Gasteiger partial charge < -0.3 is 40.2 Å². The van der Waals surface area contributed by atoms with Crippen LogP contribution in [0.1, 0.15) is 69.6 Å². The maximum Gasteiger partial charge on any atom is 0.408 e. The maximum atomic E-state index is 14.0. The summed E-state index contributed by atoms with van der Waals surface area (Å²) in [5, 5.41) is 28.8. The molecule has 326 valence electrons. The molecule has 3 aliphatic rings. The third kappa shape index (κ3) is 11.1. The number of H-pyrrole nitrogens is 1. The number of aromatic hydroxyl groups is 1. The van der Waals surface area contributed by atoms with E-state index in [2.05, 4.69) is 20.5 Å². The van der Waals surface area contributed by atoms with Crippen molar-refractivity contribution in [2.45, 2.75) is 50.7 Å². The Morgan fingerprint density at radius 1 is 0.873 bits per heavy atom. The summed E-state index contributed by atoms with van der Waals surface area (Å²) in [6.07, 6.45) is 1.31. The van der Waals surface area contributed by atoms with Crippen LogP contribution in [0, 0.1) is 5.92 Å². The number of alkyl carbamates (subject to hydrolysis) is 1. The average molecular weight is 870 g/mol. The number of carbonyl (C=O) groups is 2.